The molecule has 3 aromatic rings. The van der Waals surface area contributed by atoms with Crippen LogP contribution in [0.1, 0.15) is 69.7 Å². The number of carbonyl (C=O) groups excluding carboxylic acids is 2. The molecule has 0 aromatic carbocycles. The van der Waals surface area contributed by atoms with Crippen LogP contribution < -0.4 is 15.8 Å². The van der Waals surface area contributed by atoms with Crippen molar-refractivity contribution in [1.82, 2.24) is 29.0 Å². The van der Waals surface area contributed by atoms with Crippen LogP contribution >= 0.6 is 11.6 Å². The van der Waals surface area contributed by atoms with Crippen LogP contribution in [0.25, 0.3) is 11.4 Å². The van der Waals surface area contributed by atoms with Gasteiger partial charge in [-0.1, -0.05) is 24.6 Å². The van der Waals surface area contributed by atoms with E-state index in [-0.39, 0.29) is 23.8 Å². The third-order valence-corrected chi connectivity index (χ3v) is 8.54. The number of hydrogen-bond acceptors (Lipinski definition) is 9. The van der Waals surface area contributed by atoms with E-state index in [1.54, 1.807) is 30.2 Å². The molecular formula is C30H34ClF3N8O5. The molecule has 2 atom stereocenters. The summed E-state index contributed by atoms with van der Waals surface area (Å²) in [6.07, 6.45) is -2.50. The fourth-order valence-electron chi connectivity index (χ4n) is 6.09. The van der Waals surface area contributed by atoms with Crippen LogP contribution in [-0.4, -0.2) is 86.0 Å². The third kappa shape index (κ3) is 6.40. The zero-order valence-corrected chi connectivity index (χ0v) is 27.0. The van der Waals surface area contributed by atoms with Crippen LogP contribution in [0.2, 0.25) is 5.15 Å². The van der Waals surface area contributed by atoms with E-state index >= 15 is 0 Å². The number of ether oxygens (including phenoxy) is 2. The first kappa shape index (κ1) is 32.7. The van der Waals surface area contributed by atoms with E-state index in [4.69, 9.17) is 26.1 Å². The Bertz CT molecular complexity index is 1820. The summed E-state index contributed by atoms with van der Waals surface area (Å²) >= 11 is 6.06. The Morgan fingerprint density at radius 1 is 1.11 bits per heavy atom. The maximum absolute atomic E-state index is 14.2. The topological polar surface area (TPSA) is 136 Å². The number of piperazine rings is 1. The third-order valence-electron chi connectivity index (χ3n) is 8.26. The van der Waals surface area contributed by atoms with Gasteiger partial charge >= 0.3 is 12.3 Å². The highest BCUT2D eigenvalue weighted by molar-refractivity contribution is 6.32. The Morgan fingerprint density at radius 2 is 1.83 bits per heavy atom. The first-order valence-corrected chi connectivity index (χ1v) is 15.6. The van der Waals surface area contributed by atoms with E-state index in [1.165, 1.54) is 4.52 Å². The first-order valence-electron chi connectivity index (χ1n) is 15.2. The average Bonchev–Trinajstić information content (AvgIpc) is 3.60. The zero-order chi connectivity index (χ0) is 33.8. The van der Waals surface area contributed by atoms with Crippen molar-refractivity contribution in [2.75, 3.05) is 49.6 Å². The normalized spacial score (nSPS) is 20.3. The summed E-state index contributed by atoms with van der Waals surface area (Å²) in [7, 11) is 0. The van der Waals surface area contributed by atoms with E-state index in [9.17, 15) is 27.6 Å². The summed E-state index contributed by atoms with van der Waals surface area (Å²) in [6.45, 7) is 9.36. The molecule has 0 spiro atoms. The van der Waals surface area contributed by atoms with Gasteiger partial charge in [-0.2, -0.15) is 22.7 Å². The smallest absolute Gasteiger partial charge is 0.433 e. The number of aromatic nitrogens is 5. The summed E-state index contributed by atoms with van der Waals surface area (Å²) < 4.78 is 53.3. The van der Waals surface area contributed by atoms with Crippen molar-refractivity contribution in [3.05, 3.63) is 50.9 Å². The van der Waals surface area contributed by atoms with Crippen molar-refractivity contribution in [3.8, 4) is 0 Å². The van der Waals surface area contributed by atoms with Gasteiger partial charge in [0.2, 0.25) is 11.7 Å². The van der Waals surface area contributed by atoms with Crippen LogP contribution in [0, 0.1) is 0 Å². The number of hydrogen-bond donors (Lipinski definition) is 1. The molecule has 0 unspecified atom stereocenters. The van der Waals surface area contributed by atoms with E-state index in [0.717, 1.165) is 17.7 Å². The number of nitrogens with zero attached hydrogens (tertiary/aromatic N) is 7. The number of nitrogens with one attached hydrogen (secondary N) is 1. The fraction of sp³-hybridized carbons (Fsp3) is 0.533. The molecule has 0 saturated carbocycles. The largest absolute Gasteiger partial charge is 0.444 e. The number of rotatable bonds is 4. The zero-order valence-electron chi connectivity index (χ0n) is 26.2. The minimum atomic E-state index is -4.70. The monoisotopic (exact) mass is 678 g/mol. The summed E-state index contributed by atoms with van der Waals surface area (Å²) in [5.74, 6) is -0.378. The Morgan fingerprint density at radius 3 is 2.45 bits per heavy atom. The lowest BCUT2D eigenvalue weighted by Crippen LogP contribution is -2.51. The summed E-state index contributed by atoms with van der Waals surface area (Å²) in [5.41, 5.74) is -0.622. The lowest BCUT2D eigenvalue weighted by Gasteiger charge is -2.37. The van der Waals surface area contributed by atoms with E-state index < -0.39 is 46.2 Å². The van der Waals surface area contributed by atoms with Crippen molar-refractivity contribution in [2.24, 2.45) is 0 Å². The van der Waals surface area contributed by atoms with Gasteiger partial charge in [0, 0.05) is 32.1 Å². The number of amides is 2. The Kier molecular flexibility index (Phi) is 8.45. The number of fused-ring (bicyclic) bond motifs is 3. The Balaban J connectivity index is 1.39. The average molecular weight is 679 g/mol. The van der Waals surface area contributed by atoms with Crippen molar-refractivity contribution in [1.29, 1.82) is 0 Å². The van der Waals surface area contributed by atoms with Gasteiger partial charge in [0.1, 0.15) is 23.0 Å². The number of halogens is 4. The standard InChI is InChI=1S/C30H34ClF3N8O5/c1-16-15-19(25(43)35-18-5-6-20(30(32,33)34)36-23(18)31)41-21(16)22(39-9-11-40(12-10-39)28(45)47-29(2,3)4)26(44)42-27(41)37-24(38-42)17-7-13-46-14-8-17/h5-7,16,19H,8-15H2,1-4H3,(H,35,43)/t16-,19+/m1/s1. The number of anilines is 2. The number of alkyl halides is 3. The second kappa shape index (κ2) is 12.1. The van der Waals surface area contributed by atoms with E-state index in [1.807, 2.05) is 17.9 Å². The molecule has 47 heavy (non-hydrogen) atoms. The van der Waals surface area contributed by atoms with E-state index in [0.29, 0.717) is 63.0 Å². The molecule has 0 radical (unpaired) electrons. The van der Waals surface area contributed by atoms with Crippen LogP contribution in [0.5, 0.6) is 0 Å². The molecule has 6 heterocycles. The van der Waals surface area contributed by atoms with Gasteiger partial charge in [-0.3, -0.25) is 14.2 Å². The molecule has 3 aliphatic rings. The van der Waals surface area contributed by atoms with Gasteiger partial charge in [0.05, 0.1) is 24.6 Å². The molecular weight excluding hydrogens is 645 g/mol. The molecule has 6 rings (SSSR count). The quantitative estimate of drug-likeness (QED) is 0.396. The number of pyridine rings is 1. The molecule has 17 heteroatoms. The molecule has 2 amide bonds. The summed E-state index contributed by atoms with van der Waals surface area (Å²) in [6, 6.07) is 0.881. The molecule has 3 aliphatic heterocycles. The van der Waals surface area contributed by atoms with Crippen LogP contribution in [-0.2, 0) is 20.4 Å². The highest BCUT2D eigenvalue weighted by atomic mass is 35.5. The van der Waals surface area contributed by atoms with Crippen molar-refractivity contribution in [2.45, 2.75) is 64.3 Å². The highest BCUT2D eigenvalue weighted by Crippen LogP contribution is 2.42. The second-order valence-electron chi connectivity index (χ2n) is 12.7. The van der Waals surface area contributed by atoms with Crippen LogP contribution in [0.15, 0.2) is 23.0 Å². The highest BCUT2D eigenvalue weighted by Gasteiger charge is 2.41. The molecule has 3 aromatic heterocycles. The van der Waals surface area contributed by atoms with Crippen LogP contribution in [0.3, 0.4) is 0 Å². The van der Waals surface area contributed by atoms with Crippen LogP contribution in [0.4, 0.5) is 29.3 Å². The molecule has 0 aliphatic carbocycles. The van der Waals surface area contributed by atoms with Crippen molar-refractivity contribution >= 4 is 46.3 Å². The van der Waals surface area contributed by atoms with E-state index in [2.05, 4.69) is 15.4 Å². The lowest BCUT2D eigenvalue weighted by molar-refractivity contribution is -0.141. The maximum Gasteiger partial charge on any atom is 0.433 e. The first-order chi connectivity index (χ1) is 22.1. The predicted molar refractivity (Wildman–Crippen MR) is 166 cm³/mol. The molecule has 0 bridgehead atoms. The van der Waals surface area contributed by atoms with Gasteiger partial charge in [-0.25, -0.2) is 9.78 Å². The molecule has 1 N–H and O–H groups in total. The Labute approximate surface area is 272 Å². The maximum atomic E-state index is 14.2. The van der Waals surface area contributed by atoms with Gasteiger partial charge in [-0.15, -0.1) is 5.10 Å². The molecule has 13 nitrogen and oxygen atoms in total. The minimum absolute atomic E-state index is 0.0872. The molecule has 1 saturated heterocycles. The fourth-order valence-corrected chi connectivity index (χ4v) is 6.29. The Hall–Kier alpha value is -4.18. The summed E-state index contributed by atoms with van der Waals surface area (Å²) in [4.78, 5) is 52.3. The molecule has 1 fully saturated rings. The minimum Gasteiger partial charge on any atom is -0.444 e. The van der Waals surface area contributed by atoms with Gasteiger partial charge in [0.25, 0.3) is 5.56 Å². The van der Waals surface area contributed by atoms with Crippen molar-refractivity contribution in [3.63, 3.8) is 0 Å². The van der Waals surface area contributed by atoms with Crippen molar-refractivity contribution < 1.29 is 32.2 Å². The molecule has 252 valence electrons. The lowest BCUT2D eigenvalue weighted by atomic mass is 10.0. The van der Waals surface area contributed by atoms with Gasteiger partial charge in [0.15, 0.2) is 11.0 Å². The van der Waals surface area contributed by atoms with Gasteiger partial charge in [-0.05, 0) is 51.3 Å². The second-order valence-corrected chi connectivity index (χ2v) is 13.1. The SMILES string of the molecule is C[C@@H]1C[C@@H](C(=O)Nc2ccc(C(F)(F)F)nc2Cl)n2c1c(N1CCN(C(=O)OC(C)(C)C)CC1)c(=O)n1nc(C3=CCOCC3)nc21. The summed E-state index contributed by atoms with van der Waals surface area (Å²) in [5, 5.41) is 6.68. The van der Waals surface area contributed by atoms with Gasteiger partial charge < -0.3 is 24.6 Å². The predicted octanol–water partition coefficient (Wildman–Crippen LogP) is 4.51. The number of carbonyl (C=O) groups is 2.